The van der Waals surface area contributed by atoms with Crippen molar-refractivity contribution in [2.75, 3.05) is 13.1 Å². The molecule has 4 fully saturated rings. The molecule has 0 saturated heterocycles. The average molecular weight is 1970 g/mol. The van der Waals surface area contributed by atoms with Gasteiger partial charge < -0.3 is 4.57 Å². The highest BCUT2D eigenvalue weighted by Crippen LogP contribution is 2.57. The van der Waals surface area contributed by atoms with Crippen LogP contribution in [-0.4, -0.2) is 183 Å². The van der Waals surface area contributed by atoms with E-state index in [-0.39, 0.29) is 107 Å². The van der Waals surface area contributed by atoms with Crippen LogP contribution in [0.2, 0.25) is 0 Å². The summed E-state index contributed by atoms with van der Waals surface area (Å²) in [4.78, 5) is 58.7. The highest BCUT2D eigenvalue weighted by atomic mass is 32.2. The number of hydrogen-bond donors (Lipinski definition) is 0. The highest BCUT2D eigenvalue weighted by Gasteiger charge is 2.57. The van der Waals surface area contributed by atoms with E-state index in [0.717, 1.165) is 57.5 Å². The molecule has 3 unspecified atom stereocenters. The van der Waals surface area contributed by atoms with Crippen molar-refractivity contribution < 1.29 is 88.5 Å². The lowest BCUT2D eigenvalue weighted by Crippen LogP contribution is -2.52. The molecule has 0 amide bonds. The fourth-order valence-corrected chi connectivity index (χ4v) is 26.7. The van der Waals surface area contributed by atoms with Crippen LogP contribution >= 0.6 is 22.7 Å². The number of alkyl halides is 11. The van der Waals surface area contributed by atoms with Gasteiger partial charge in [0.2, 0.25) is 11.6 Å². The SMILES string of the molecule is C=S(=O)(c1ccn(C)n1)N(CC1CC1)[C@H]1CCC2=Cc3c(cnn3-c3ccc(F)cc3)C[C@]2(C(=O)c2cc(C(F)F)ccn2)C1.C=S(=O)(c1cn(C)cn1)N(C(C)C)[C@H]1CCC2=Cc3c(cnn3-c3ccc(F)cc3)C[C@]2(C(=O)c2ncc(C(F)(F)F)s2)C1.C=S(=O)(c1cnn(C)n1)N(CC(F)(F)F)[C@H]1CCC2=Cc3c(cnn3-c3ccc(F)cc3)C[C@]2(C(=O)c2ncc(C(F)(F)F)s2)C1. The van der Waals surface area contributed by atoms with Crippen molar-refractivity contribution in [1.29, 1.82) is 0 Å². The van der Waals surface area contributed by atoms with Crippen molar-refractivity contribution in [2.24, 2.45) is 43.3 Å². The van der Waals surface area contributed by atoms with Crippen molar-refractivity contribution in [3.8, 4) is 17.1 Å². The molecule has 44 heteroatoms. The largest absolute Gasteiger partial charge is 0.427 e. The number of aromatic nitrogens is 16. The second-order valence-corrected chi connectivity index (χ2v) is 43.6. The number of benzene rings is 3. The lowest BCUT2D eigenvalue weighted by molar-refractivity contribution is -0.140. The molecule has 7 aliphatic carbocycles. The second-order valence-electron chi connectivity index (χ2n) is 35.1. The van der Waals surface area contributed by atoms with Crippen LogP contribution in [-0.2, 0) is 81.9 Å². The number of fused-ring (bicyclic) bond motifs is 6. The first-order chi connectivity index (χ1) is 63.7. The van der Waals surface area contributed by atoms with Gasteiger partial charge in [-0.05, 0) is 253 Å². The Hall–Kier alpha value is -11.6. The fraction of sp³-hybridized carbons (Fsp3) is 0.363. The van der Waals surface area contributed by atoms with E-state index < -0.39 is 121 Å². The Bertz CT molecular complexity index is 7040. The Balaban J connectivity index is 0.000000141. The predicted molar refractivity (Wildman–Crippen MR) is 479 cm³/mol. The van der Waals surface area contributed by atoms with Gasteiger partial charge in [0, 0.05) is 76.0 Å². The van der Waals surface area contributed by atoms with E-state index in [1.54, 1.807) is 100 Å². The molecule has 0 radical (unpaired) electrons. The van der Waals surface area contributed by atoms with Gasteiger partial charge in [0.05, 0.1) is 123 Å². The molecule has 3 aromatic carbocycles. The molecule has 12 aromatic rings. The standard InChI is InChI=1S/C33H33F3N6O2S.C30H30F4N6O2S2.C28H24F7N7O2S2/c1-40-14-12-30(39-40)45(2,44)41(20-21-3-4-21)27-8-5-24-16-29-23(19-38-42(29)26-9-6-25(34)7-10-26)17-33(24,18-27)31(43)28-15-22(32(35)36)11-13-37-28;1-18(2)40(44(4,42)26-16-38(3)17-36-26)23-8-5-20-11-24-19(14-37-39(24)22-9-6-21(31)7-10-22)12-29(20,13-23)27(41)28-35-15-25(43-28)30(32,33)34;1-40-37-14-23(39-40)46(2,44)41(15-27(30,31)32)20-6-3-17-9-21-16(12-38-42(21)19-7-4-18(29)5-8-19)10-26(17,11-20)24(43)25-36-13-22(45-25)28(33,34)35/h6-7,9-16,19,21,27,32H,2-5,8,17-18,20H2,1H3;6-7,9-11,14-18,23H,4-5,8,12-13H2,1-3H3;4-5,7-9,12-14,20H,2-3,6,10-11,15H2,1H3/t27-,33-,45?;23-,29-,44?;20-,26-,46?/m000/s1. The van der Waals surface area contributed by atoms with Crippen LogP contribution in [0.3, 0.4) is 0 Å². The van der Waals surface area contributed by atoms with E-state index in [9.17, 15) is 88.5 Å². The maximum absolute atomic E-state index is 14.6. The van der Waals surface area contributed by atoms with Gasteiger partial charge in [-0.3, -0.25) is 24.0 Å². The summed E-state index contributed by atoms with van der Waals surface area (Å²) in [6, 6.07) is 19.4. The Morgan fingerprint density at radius 2 is 0.948 bits per heavy atom. The number of Topliss-reactive ketones (excluding diaryl/α,β-unsaturated/α-hetero) is 3. The fourth-order valence-electron chi connectivity index (χ4n) is 19.4. The van der Waals surface area contributed by atoms with Crippen molar-refractivity contribution in [2.45, 2.75) is 168 Å². The topological polar surface area (TPSA) is 271 Å². The maximum Gasteiger partial charge on any atom is 0.427 e. The van der Waals surface area contributed by atoms with Crippen LogP contribution in [0.1, 0.15) is 170 Å². The van der Waals surface area contributed by atoms with Gasteiger partial charge in [-0.2, -0.15) is 69.8 Å². The normalized spacial score (nSPS) is 21.8. The summed E-state index contributed by atoms with van der Waals surface area (Å²) < 4.78 is 247. The van der Waals surface area contributed by atoms with E-state index >= 15 is 0 Å². The third-order valence-electron chi connectivity index (χ3n) is 25.8. The van der Waals surface area contributed by atoms with Gasteiger partial charge in [-0.15, -0.1) is 27.8 Å². The molecular weight excluding hydrogens is 1880 g/mol. The number of carbonyl (C=O) groups is 3. The van der Waals surface area contributed by atoms with Crippen LogP contribution in [0.4, 0.5) is 61.5 Å². The monoisotopic (exact) mass is 1970 g/mol. The number of aryl methyl sites for hydroxylation is 3. The molecule has 25 nitrogen and oxygen atoms in total. The van der Waals surface area contributed by atoms with Crippen molar-refractivity contribution >= 4 is 105 Å². The number of ketones is 3. The number of allylic oxidation sites excluding steroid dienone is 3. The minimum Gasteiger partial charge on any atom is -0.339 e. The summed E-state index contributed by atoms with van der Waals surface area (Å²) in [5.41, 5.74) is 3.60. The number of carbonyl (C=O) groups excluding carboxylic acids is 3. The zero-order valence-electron chi connectivity index (χ0n) is 72.8. The number of thiazole rings is 2. The number of halogens is 14. The number of hydrogen-bond acceptors (Lipinski definition) is 18. The zero-order chi connectivity index (χ0) is 96.3. The molecule has 135 heavy (non-hydrogen) atoms. The van der Waals surface area contributed by atoms with Crippen molar-refractivity contribution in [3.05, 3.63) is 252 Å². The minimum absolute atomic E-state index is 0.00933. The van der Waals surface area contributed by atoms with Gasteiger partial charge in [0.25, 0.3) is 6.43 Å². The summed E-state index contributed by atoms with van der Waals surface area (Å²) in [7, 11) is -5.05. The van der Waals surface area contributed by atoms with Gasteiger partial charge in [0.15, 0.2) is 30.9 Å². The van der Waals surface area contributed by atoms with Crippen LogP contribution in [0.5, 0.6) is 0 Å². The van der Waals surface area contributed by atoms with Crippen molar-refractivity contribution in [3.63, 3.8) is 0 Å². The van der Waals surface area contributed by atoms with Gasteiger partial charge in [-0.1, -0.05) is 16.7 Å². The van der Waals surface area contributed by atoms with E-state index in [1.807, 2.05) is 34.6 Å². The predicted octanol–water partition coefficient (Wildman–Crippen LogP) is 17.4. The molecule has 9 atom stereocenters. The Kier molecular flexibility index (Phi) is 25.3. The summed E-state index contributed by atoms with van der Waals surface area (Å²) in [6.07, 6.45) is 6.47. The van der Waals surface area contributed by atoms with E-state index in [4.69, 9.17) is 0 Å². The Labute approximate surface area is 773 Å². The number of rotatable bonds is 23. The summed E-state index contributed by atoms with van der Waals surface area (Å²) in [5.74, 6) is 9.41. The van der Waals surface area contributed by atoms with E-state index in [0.29, 0.717) is 117 Å². The first-order valence-electron chi connectivity index (χ1n) is 42.6. The molecule has 0 spiro atoms. The highest BCUT2D eigenvalue weighted by molar-refractivity contribution is 7.98. The number of pyridine rings is 1. The van der Waals surface area contributed by atoms with E-state index in [1.165, 1.54) is 84.8 Å². The molecule has 0 bridgehead atoms. The van der Waals surface area contributed by atoms with Crippen molar-refractivity contribution in [1.82, 2.24) is 91.5 Å². The molecule has 0 aliphatic heterocycles. The quantitative estimate of drug-likeness (QED) is 0.0327. The number of imidazole rings is 1. The first-order valence-corrected chi connectivity index (χ1v) is 49.3. The van der Waals surface area contributed by atoms with Gasteiger partial charge in [0.1, 0.15) is 39.4 Å². The van der Waals surface area contributed by atoms with Gasteiger partial charge in [-0.25, -0.2) is 76.5 Å². The molecule has 9 aromatic heterocycles. The van der Waals surface area contributed by atoms with Crippen LogP contribution in [0.25, 0.3) is 35.3 Å². The Morgan fingerprint density at radius 3 is 1.33 bits per heavy atom. The van der Waals surface area contributed by atoms with Crippen LogP contribution in [0, 0.1) is 39.6 Å². The molecule has 0 N–H and O–H groups in total. The summed E-state index contributed by atoms with van der Waals surface area (Å²) in [5, 5.41) is 25.4. The minimum atomic E-state index is -4.83. The molecule has 4 saturated carbocycles. The second kappa shape index (κ2) is 35.9. The lowest BCUT2D eigenvalue weighted by Gasteiger charge is -2.48. The smallest absolute Gasteiger partial charge is 0.339 e. The lowest BCUT2D eigenvalue weighted by atomic mass is 9.60. The van der Waals surface area contributed by atoms with Crippen LogP contribution in [0.15, 0.2) is 185 Å². The first kappa shape index (κ1) is 95.2. The summed E-state index contributed by atoms with van der Waals surface area (Å²) in [6.45, 7) is 2.72. The molecule has 9 heterocycles. The third kappa shape index (κ3) is 18.6. The van der Waals surface area contributed by atoms with Crippen LogP contribution < -0.4 is 0 Å². The maximum atomic E-state index is 14.6. The third-order valence-corrected chi connectivity index (χ3v) is 34.3. The molecule has 710 valence electrons. The number of nitrogens with zero attached hydrogens (tertiary/aromatic N) is 19. The average Bonchev–Trinajstić information content (AvgIpc) is 1.72. The Morgan fingerprint density at radius 1 is 0.511 bits per heavy atom. The molecular formula is C91H87F14N19O6S5. The zero-order valence-corrected chi connectivity index (χ0v) is 76.9. The molecule has 7 aliphatic rings. The van der Waals surface area contributed by atoms with Gasteiger partial charge >= 0.3 is 18.5 Å². The summed E-state index contributed by atoms with van der Waals surface area (Å²) >= 11 is 0.482. The van der Waals surface area contributed by atoms with E-state index in [2.05, 4.69) is 68.1 Å². The molecule has 19 rings (SSSR count).